The van der Waals surface area contributed by atoms with Gasteiger partial charge in [0, 0.05) is 12.6 Å². The number of nitrogens with zero attached hydrogens (tertiary/aromatic N) is 2. The van der Waals surface area contributed by atoms with E-state index in [4.69, 9.17) is 9.47 Å². The van der Waals surface area contributed by atoms with E-state index < -0.39 is 28.5 Å². The van der Waals surface area contributed by atoms with E-state index in [2.05, 4.69) is 5.32 Å². The summed E-state index contributed by atoms with van der Waals surface area (Å²) in [5.74, 6) is 0.423. The Bertz CT molecular complexity index is 1380. The average Bonchev–Trinajstić information content (AvgIpc) is 2.96. The number of ether oxygens (including phenoxy) is 2. The number of amides is 2. The summed E-state index contributed by atoms with van der Waals surface area (Å²) in [4.78, 5) is 28.8. The monoisotopic (exact) mass is 581 g/mol. The van der Waals surface area contributed by atoms with Gasteiger partial charge in [-0.1, -0.05) is 37.3 Å². The summed E-state index contributed by atoms with van der Waals surface area (Å²) in [5.41, 5.74) is 1.07. The molecule has 0 saturated carbocycles. The number of benzene rings is 3. The van der Waals surface area contributed by atoms with Crippen molar-refractivity contribution in [2.45, 2.75) is 57.6 Å². The van der Waals surface area contributed by atoms with E-state index >= 15 is 0 Å². The topological polar surface area (TPSA) is 105 Å². The lowest BCUT2D eigenvalue weighted by Gasteiger charge is -2.33. The fourth-order valence-electron chi connectivity index (χ4n) is 4.35. The van der Waals surface area contributed by atoms with Gasteiger partial charge in [0.25, 0.3) is 10.0 Å². The standard InChI is InChI=1S/C31H39N3O6S/c1-6-29(31(36)32-23(3)4)33(21-24-13-17-26(39-5)18-14-24)30(35)22-34(25-15-19-27(20-16-25)40-7-2)41(37,38)28-11-9-8-10-12-28/h8-20,23,29H,6-7,21-22H2,1-5H3,(H,32,36). The predicted molar refractivity (Wildman–Crippen MR) is 159 cm³/mol. The molecule has 220 valence electrons. The van der Waals surface area contributed by atoms with E-state index in [1.54, 1.807) is 61.7 Å². The number of sulfonamides is 1. The third kappa shape index (κ3) is 8.23. The zero-order valence-electron chi connectivity index (χ0n) is 24.2. The highest BCUT2D eigenvalue weighted by molar-refractivity contribution is 7.92. The molecule has 0 fully saturated rings. The highest BCUT2D eigenvalue weighted by Crippen LogP contribution is 2.27. The molecule has 3 rings (SSSR count). The Morgan fingerprint density at radius 3 is 2.02 bits per heavy atom. The van der Waals surface area contributed by atoms with Crippen LogP contribution >= 0.6 is 0 Å². The first-order valence-corrected chi connectivity index (χ1v) is 15.1. The molecule has 0 radical (unpaired) electrons. The van der Waals surface area contributed by atoms with Gasteiger partial charge in [0.1, 0.15) is 24.1 Å². The van der Waals surface area contributed by atoms with E-state index in [0.717, 1.165) is 9.87 Å². The van der Waals surface area contributed by atoms with Crippen molar-refractivity contribution >= 4 is 27.5 Å². The van der Waals surface area contributed by atoms with Crippen molar-refractivity contribution < 1.29 is 27.5 Å². The highest BCUT2D eigenvalue weighted by atomic mass is 32.2. The molecule has 1 atom stereocenters. The Morgan fingerprint density at radius 1 is 0.878 bits per heavy atom. The third-order valence-electron chi connectivity index (χ3n) is 6.37. The molecule has 9 nitrogen and oxygen atoms in total. The molecule has 2 amide bonds. The summed E-state index contributed by atoms with van der Waals surface area (Å²) in [6.07, 6.45) is 0.342. The van der Waals surface area contributed by atoms with Gasteiger partial charge < -0.3 is 19.7 Å². The third-order valence-corrected chi connectivity index (χ3v) is 8.16. The molecule has 0 aliphatic heterocycles. The SMILES string of the molecule is CCOc1ccc(N(CC(=O)N(Cc2ccc(OC)cc2)C(CC)C(=O)NC(C)C)S(=O)(=O)c2ccccc2)cc1. The Hall–Kier alpha value is -4.05. The molecular weight excluding hydrogens is 542 g/mol. The Morgan fingerprint density at radius 2 is 1.49 bits per heavy atom. The van der Waals surface area contributed by atoms with E-state index in [1.807, 2.05) is 39.8 Å². The van der Waals surface area contributed by atoms with E-state index in [-0.39, 0.29) is 23.4 Å². The van der Waals surface area contributed by atoms with Crippen LogP contribution in [0.2, 0.25) is 0 Å². The van der Waals surface area contributed by atoms with Crippen molar-refractivity contribution in [3.8, 4) is 11.5 Å². The molecule has 0 aliphatic carbocycles. The fourth-order valence-corrected chi connectivity index (χ4v) is 5.79. The largest absolute Gasteiger partial charge is 0.497 e. The number of carbonyl (C=O) groups is 2. The zero-order chi connectivity index (χ0) is 30.0. The number of nitrogens with one attached hydrogen (secondary N) is 1. The van der Waals surface area contributed by atoms with Crippen LogP contribution in [-0.2, 0) is 26.2 Å². The molecule has 1 unspecified atom stereocenters. The summed E-state index contributed by atoms with van der Waals surface area (Å²) in [6, 6.07) is 20.7. The van der Waals surface area contributed by atoms with Crippen LogP contribution in [-0.4, -0.2) is 57.5 Å². The fraction of sp³-hybridized carbons (Fsp3) is 0.355. The molecule has 0 heterocycles. The van der Waals surface area contributed by atoms with Gasteiger partial charge in [-0.25, -0.2) is 8.42 Å². The van der Waals surface area contributed by atoms with Gasteiger partial charge in [0.05, 0.1) is 24.3 Å². The van der Waals surface area contributed by atoms with Crippen LogP contribution in [0, 0.1) is 0 Å². The van der Waals surface area contributed by atoms with Gasteiger partial charge in [-0.3, -0.25) is 13.9 Å². The van der Waals surface area contributed by atoms with Crippen molar-refractivity contribution in [2.24, 2.45) is 0 Å². The number of hydrogen-bond donors (Lipinski definition) is 1. The first kappa shape index (κ1) is 31.5. The van der Waals surface area contributed by atoms with Gasteiger partial charge in [0.15, 0.2) is 0 Å². The van der Waals surface area contributed by atoms with E-state index in [9.17, 15) is 18.0 Å². The molecular formula is C31H39N3O6S. The average molecular weight is 582 g/mol. The van der Waals surface area contributed by atoms with Gasteiger partial charge in [-0.05, 0) is 81.3 Å². The Balaban J connectivity index is 2.04. The smallest absolute Gasteiger partial charge is 0.264 e. The van der Waals surface area contributed by atoms with Gasteiger partial charge in [-0.2, -0.15) is 0 Å². The van der Waals surface area contributed by atoms with Gasteiger partial charge >= 0.3 is 0 Å². The lowest BCUT2D eigenvalue weighted by molar-refractivity contribution is -0.140. The van der Waals surface area contributed by atoms with Crippen molar-refractivity contribution in [3.05, 3.63) is 84.4 Å². The Kier molecular flexibility index (Phi) is 11.2. The van der Waals surface area contributed by atoms with Crippen LogP contribution in [0.1, 0.15) is 39.7 Å². The maximum absolute atomic E-state index is 14.1. The second kappa shape index (κ2) is 14.5. The number of anilines is 1. The molecule has 0 aromatic heterocycles. The lowest BCUT2D eigenvalue weighted by atomic mass is 10.1. The molecule has 3 aromatic rings. The lowest BCUT2D eigenvalue weighted by Crippen LogP contribution is -2.53. The summed E-state index contributed by atoms with van der Waals surface area (Å²) in [6.45, 7) is 7.43. The minimum absolute atomic E-state index is 0.0491. The molecule has 10 heteroatoms. The summed E-state index contributed by atoms with van der Waals surface area (Å²) in [7, 11) is -2.57. The van der Waals surface area contributed by atoms with Crippen LogP contribution in [0.5, 0.6) is 11.5 Å². The van der Waals surface area contributed by atoms with Crippen molar-refractivity contribution in [2.75, 3.05) is 24.6 Å². The molecule has 3 aromatic carbocycles. The first-order chi connectivity index (χ1) is 19.6. The number of rotatable bonds is 14. The second-order valence-electron chi connectivity index (χ2n) is 9.71. The van der Waals surface area contributed by atoms with Crippen molar-refractivity contribution in [1.29, 1.82) is 0 Å². The molecule has 0 saturated heterocycles. The summed E-state index contributed by atoms with van der Waals surface area (Å²) >= 11 is 0. The minimum atomic E-state index is -4.13. The molecule has 0 aliphatic rings. The maximum atomic E-state index is 14.1. The number of carbonyl (C=O) groups excluding carboxylic acids is 2. The van der Waals surface area contributed by atoms with Crippen LogP contribution in [0.25, 0.3) is 0 Å². The molecule has 0 spiro atoms. The van der Waals surface area contributed by atoms with Gasteiger partial charge in [-0.15, -0.1) is 0 Å². The van der Waals surface area contributed by atoms with Crippen molar-refractivity contribution in [1.82, 2.24) is 10.2 Å². The second-order valence-corrected chi connectivity index (χ2v) is 11.6. The van der Waals surface area contributed by atoms with Crippen LogP contribution < -0.4 is 19.1 Å². The maximum Gasteiger partial charge on any atom is 0.264 e. The zero-order valence-corrected chi connectivity index (χ0v) is 25.1. The first-order valence-electron chi connectivity index (χ1n) is 13.6. The normalized spacial score (nSPS) is 12.0. The molecule has 0 bridgehead atoms. The van der Waals surface area contributed by atoms with Crippen LogP contribution in [0.3, 0.4) is 0 Å². The summed E-state index contributed by atoms with van der Waals surface area (Å²) in [5, 5.41) is 2.89. The minimum Gasteiger partial charge on any atom is -0.497 e. The molecule has 41 heavy (non-hydrogen) atoms. The van der Waals surface area contributed by atoms with Crippen molar-refractivity contribution in [3.63, 3.8) is 0 Å². The summed E-state index contributed by atoms with van der Waals surface area (Å²) < 4.78 is 39.6. The van der Waals surface area contributed by atoms with Crippen LogP contribution in [0.15, 0.2) is 83.8 Å². The van der Waals surface area contributed by atoms with E-state index in [0.29, 0.717) is 30.2 Å². The predicted octanol–water partition coefficient (Wildman–Crippen LogP) is 4.62. The number of methoxy groups -OCH3 is 1. The highest BCUT2D eigenvalue weighted by Gasteiger charge is 2.33. The Labute approximate surface area is 243 Å². The molecule has 1 N–H and O–H groups in total. The quantitative estimate of drug-likeness (QED) is 0.298. The van der Waals surface area contributed by atoms with Crippen LogP contribution in [0.4, 0.5) is 5.69 Å². The van der Waals surface area contributed by atoms with E-state index in [1.165, 1.54) is 17.0 Å². The van der Waals surface area contributed by atoms with Gasteiger partial charge in [0.2, 0.25) is 11.8 Å². The number of hydrogen-bond acceptors (Lipinski definition) is 6.